The molecule has 0 aliphatic carbocycles. The summed E-state index contributed by atoms with van der Waals surface area (Å²) in [4.78, 5) is 19.5. The molecule has 0 radical (unpaired) electrons. The van der Waals surface area contributed by atoms with Gasteiger partial charge in [-0.3, -0.25) is 9.78 Å². The lowest BCUT2D eigenvalue weighted by Crippen LogP contribution is -2.26. The van der Waals surface area contributed by atoms with Gasteiger partial charge in [0, 0.05) is 13.2 Å². The molecule has 1 unspecified atom stereocenters. The van der Waals surface area contributed by atoms with E-state index in [1.165, 1.54) is 0 Å². The van der Waals surface area contributed by atoms with E-state index >= 15 is 0 Å². The number of nitrogens with one attached hydrogen (secondary N) is 2. The van der Waals surface area contributed by atoms with E-state index < -0.39 is 0 Å². The minimum absolute atomic E-state index is 0.164. The molecule has 7 nitrogen and oxygen atoms in total. The van der Waals surface area contributed by atoms with Crippen LogP contribution in [0.1, 0.15) is 33.6 Å². The Morgan fingerprint density at radius 2 is 2.32 bits per heavy atom. The molecule has 120 valence electrons. The van der Waals surface area contributed by atoms with Gasteiger partial charge in [-0.25, -0.2) is 4.68 Å². The van der Waals surface area contributed by atoms with Crippen molar-refractivity contribution in [2.24, 2.45) is 5.92 Å². The van der Waals surface area contributed by atoms with E-state index in [-0.39, 0.29) is 11.1 Å². The zero-order valence-electron chi connectivity index (χ0n) is 13.3. The van der Waals surface area contributed by atoms with Crippen molar-refractivity contribution in [1.82, 2.24) is 19.7 Å². The third-order valence-corrected chi connectivity index (χ3v) is 3.89. The maximum Gasteiger partial charge on any atom is 0.263 e. The Balaban J connectivity index is 1.85. The van der Waals surface area contributed by atoms with E-state index in [0.717, 1.165) is 32.6 Å². The lowest BCUT2D eigenvalue weighted by atomic mass is 10.0. The lowest BCUT2D eigenvalue weighted by Gasteiger charge is -2.22. The molecule has 1 fully saturated rings. The molecule has 2 N–H and O–H groups in total. The van der Waals surface area contributed by atoms with Crippen molar-refractivity contribution in [3.8, 4) is 0 Å². The number of hydrogen-bond acceptors (Lipinski definition) is 5. The molecule has 0 bridgehead atoms. The van der Waals surface area contributed by atoms with E-state index in [2.05, 4.69) is 20.4 Å². The summed E-state index contributed by atoms with van der Waals surface area (Å²) in [6.45, 7) is 8.47. The Labute approximate surface area is 129 Å². The number of aromatic nitrogens is 4. The summed E-state index contributed by atoms with van der Waals surface area (Å²) in [6.07, 6.45) is 3.80. The zero-order chi connectivity index (χ0) is 15.7. The van der Waals surface area contributed by atoms with Gasteiger partial charge in [-0.15, -0.1) is 0 Å². The molecule has 1 atom stereocenters. The quantitative estimate of drug-likeness (QED) is 0.902. The van der Waals surface area contributed by atoms with Crippen molar-refractivity contribution in [1.29, 1.82) is 0 Å². The molecule has 22 heavy (non-hydrogen) atoms. The van der Waals surface area contributed by atoms with Crippen LogP contribution >= 0.6 is 0 Å². The van der Waals surface area contributed by atoms with Gasteiger partial charge in [-0.05, 0) is 39.5 Å². The smallest absolute Gasteiger partial charge is 0.263 e. The highest BCUT2D eigenvalue weighted by Crippen LogP contribution is 2.19. The first-order valence-corrected chi connectivity index (χ1v) is 7.75. The van der Waals surface area contributed by atoms with Gasteiger partial charge in [-0.1, -0.05) is 0 Å². The first kappa shape index (κ1) is 15.0. The maximum absolute atomic E-state index is 12.2. The maximum atomic E-state index is 12.2. The predicted molar refractivity (Wildman–Crippen MR) is 85.2 cm³/mol. The van der Waals surface area contributed by atoms with Crippen molar-refractivity contribution < 1.29 is 4.74 Å². The van der Waals surface area contributed by atoms with Crippen LogP contribution in [-0.4, -0.2) is 39.5 Å². The molecule has 2 aromatic heterocycles. The molecule has 1 aliphatic heterocycles. The minimum atomic E-state index is -0.225. The summed E-state index contributed by atoms with van der Waals surface area (Å²) < 4.78 is 7.25. The molecular formula is C15H23N5O2. The molecule has 3 rings (SSSR count). The highest BCUT2D eigenvalue weighted by molar-refractivity contribution is 5.74. The number of nitrogens with zero attached hydrogens (tertiary/aromatic N) is 3. The fraction of sp³-hybridized carbons (Fsp3) is 0.667. The van der Waals surface area contributed by atoms with Gasteiger partial charge in [0.15, 0.2) is 5.65 Å². The fourth-order valence-corrected chi connectivity index (χ4v) is 2.70. The average molecular weight is 305 g/mol. The summed E-state index contributed by atoms with van der Waals surface area (Å²) in [5.41, 5.74) is 0.221. The van der Waals surface area contributed by atoms with Crippen LogP contribution in [0.15, 0.2) is 11.0 Å². The fourth-order valence-electron chi connectivity index (χ4n) is 2.70. The summed E-state index contributed by atoms with van der Waals surface area (Å²) in [5, 5.41) is 8.05. The largest absolute Gasteiger partial charge is 0.381 e. The Morgan fingerprint density at radius 1 is 1.50 bits per heavy atom. The molecule has 0 aromatic carbocycles. The summed E-state index contributed by atoms with van der Waals surface area (Å²) in [7, 11) is 0. The second kappa shape index (κ2) is 5.72. The van der Waals surface area contributed by atoms with Gasteiger partial charge in [0.2, 0.25) is 5.95 Å². The normalized spacial score (nSPS) is 19.5. The van der Waals surface area contributed by atoms with Crippen LogP contribution in [-0.2, 0) is 10.3 Å². The molecule has 0 amide bonds. The van der Waals surface area contributed by atoms with E-state index in [9.17, 15) is 4.79 Å². The number of aromatic amines is 1. The number of H-pyrrole nitrogens is 1. The Bertz CT molecular complexity index is 707. The van der Waals surface area contributed by atoms with Crippen molar-refractivity contribution in [3.05, 3.63) is 16.6 Å². The van der Waals surface area contributed by atoms with Gasteiger partial charge < -0.3 is 10.1 Å². The molecule has 1 saturated heterocycles. The first-order chi connectivity index (χ1) is 10.4. The van der Waals surface area contributed by atoms with Crippen molar-refractivity contribution in [2.45, 2.75) is 39.2 Å². The summed E-state index contributed by atoms with van der Waals surface area (Å²) in [5.74, 6) is 0.955. The van der Waals surface area contributed by atoms with Gasteiger partial charge in [0.25, 0.3) is 5.56 Å². The third-order valence-electron chi connectivity index (χ3n) is 3.89. The van der Waals surface area contributed by atoms with Crippen LogP contribution in [0.4, 0.5) is 5.95 Å². The number of ether oxygens (including phenoxy) is 1. The molecule has 0 spiro atoms. The Morgan fingerprint density at radius 3 is 3.00 bits per heavy atom. The lowest BCUT2D eigenvalue weighted by molar-refractivity contribution is 0.0594. The molecule has 1 aliphatic rings. The second-order valence-corrected chi connectivity index (χ2v) is 6.84. The predicted octanol–water partition coefficient (Wildman–Crippen LogP) is 1.71. The van der Waals surface area contributed by atoms with Crippen molar-refractivity contribution in [2.75, 3.05) is 25.1 Å². The standard InChI is InChI=1S/C15H23N5O2/c1-15(2,3)20-12-11(8-17-20)13(21)19-14(18-12)16-7-10-5-4-6-22-9-10/h8,10H,4-7,9H2,1-3H3,(H2,16,18,19,21). The van der Waals surface area contributed by atoms with Crippen LogP contribution in [0.5, 0.6) is 0 Å². The van der Waals surface area contributed by atoms with Crippen LogP contribution in [0.25, 0.3) is 11.0 Å². The second-order valence-electron chi connectivity index (χ2n) is 6.84. The number of anilines is 1. The van der Waals surface area contributed by atoms with E-state index in [1.54, 1.807) is 10.9 Å². The van der Waals surface area contributed by atoms with Gasteiger partial charge in [0.05, 0.1) is 18.3 Å². The Kier molecular flexibility index (Phi) is 3.90. The SMILES string of the molecule is CC(C)(C)n1ncc2c(=O)[nH]c(NCC3CCCOC3)nc21. The van der Waals surface area contributed by atoms with Gasteiger partial charge >= 0.3 is 0 Å². The highest BCUT2D eigenvalue weighted by Gasteiger charge is 2.20. The van der Waals surface area contributed by atoms with Crippen LogP contribution in [0.3, 0.4) is 0 Å². The molecule has 7 heteroatoms. The van der Waals surface area contributed by atoms with Crippen LogP contribution in [0, 0.1) is 5.92 Å². The van der Waals surface area contributed by atoms with Crippen molar-refractivity contribution in [3.63, 3.8) is 0 Å². The molecule has 3 heterocycles. The summed E-state index contributed by atoms with van der Waals surface area (Å²) in [6, 6.07) is 0. The summed E-state index contributed by atoms with van der Waals surface area (Å²) >= 11 is 0. The van der Waals surface area contributed by atoms with E-state index in [0.29, 0.717) is 22.9 Å². The van der Waals surface area contributed by atoms with Gasteiger partial charge in [0.1, 0.15) is 5.39 Å². The topological polar surface area (TPSA) is 84.8 Å². The van der Waals surface area contributed by atoms with Crippen LogP contribution < -0.4 is 10.9 Å². The monoisotopic (exact) mass is 305 g/mol. The number of rotatable bonds is 3. The average Bonchev–Trinajstić information content (AvgIpc) is 2.91. The molecule has 2 aromatic rings. The minimum Gasteiger partial charge on any atom is -0.381 e. The Hall–Kier alpha value is -1.89. The van der Waals surface area contributed by atoms with Gasteiger partial charge in [-0.2, -0.15) is 10.1 Å². The molecular weight excluding hydrogens is 282 g/mol. The van der Waals surface area contributed by atoms with E-state index in [1.807, 2.05) is 20.8 Å². The van der Waals surface area contributed by atoms with E-state index in [4.69, 9.17) is 4.74 Å². The zero-order valence-corrected chi connectivity index (χ0v) is 13.3. The highest BCUT2D eigenvalue weighted by atomic mass is 16.5. The first-order valence-electron chi connectivity index (χ1n) is 7.75. The number of fused-ring (bicyclic) bond motifs is 1. The van der Waals surface area contributed by atoms with Crippen molar-refractivity contribution >= 4 is 17.0 Å². The van der Waals surface area contributed by atoms with Crippen LogP contribution in [0.2, 0.25) is 0 Å². The number of hydrogen-bond donors (Lipinski definition) is 2. The third kappa shape index (κ3) is 2.99. The molecule has 0 saturated carbocycles.